The Balaban J connectivity index is 1.89. The SMILES string of the molecule is COc1ccc(S(=O)(=O)Nc2ccc(F)cc2)cc1NC(=O)c1cccc(Cl)c1. The number of halogens is 2. The third-order valence-corrected chi connectivity index (χ3v) is 5.53. The number of amides is 1. The second kappa shape index (κ2) is 8.50. The van der Waals surface area contributed by atoms with Gasteiger partial charge in [-0.05, 0) is 60.7 Å². The Labute approximate surface area is 172 Å². The van der Waals surface area contributed by atoms with Crippen molar-refractivity contribution in [3.8, 4) is 5.75 Å². The summed E-state index contributed by atoms with van der Waals surface area (Å²) in [5.41, 5.74) is 0.670. The van der Waals surface area contributed by atoms with E-state index in [0.29, 0.717) is 10.6 Å². The molecule has 0 aliphatic carbocycles. The zero-order chi connectivity index (χ0) is 21.0. The molecule has 150 valence electrons. The van der Waals surface area contributed by atoms with Gasteiger partial charge < -0.3 is 10.1 Å². The average molecular weight is 435 g/mol. The minimum absolute atomic E-state index is 0.107. The van der Waals surface area contributed by atoms with Gasteiger partial charge in [0.1, 0.15) is 11.6 Å². The lowest BCUT2D eigenvalue weighted by atomic mass is 10.2. The monoisotopic (exact) mass is 434 g/mol. The van der Waals surface area contributed by atoms with E-state index in [1.165, 1.54) is 43.5 Å². The maximum absolute atomic E-state index is 13.0. The van der Waals surface area contributed by atoms with Crippen LogP contribution < -0.4 is 14.8 Å². The Morgan fingerprint density at radius 3 is 2.41 bits per heavy atom. The van der Waals surface area contributed by atoms with Gasteiger partial charge >= 0.3 is 0 Å². The first kappa shape index (κ1) is 20.6. The molecule has 0 heterocycles. The smallest absolute Gasteiger partial charge is 0.261 e. The number of hydrogen-bond acceptors (Lipinski definition) is 4. The molecule has 0 saturated heterocycles. The molecule has 1 amide bonds. The highest BCUT2D eigenvalue weighted by atomic mass is 35.5. The number of hydrogen-bond donors (Lipinski definition) is 2. The maximum Gasteiger partial charge on any atom is 0.261 e. The second-order valence-corrected chi connectivity index (χ2v) is 8.06. The molecule has 6 nitrogen and oxygen atoms in total. The average Bonchev–Trinajstić information content (AvgIpc) is 2.69. The molecule has 0 aliphatic rings. The highest BCUT2D eigenvalue weighted by molar-refractivity contribution is 7.92. The number of ether oxygens (including phenoxy) is 1. The van der Waals surface area contributed by atoms with Gasteiger partial charge in [0.2, 0.25) is 0 Å². The van der Waals surface area contributed by atoms with Crippen molar-refractivity contribution in [2.45, 2.75) is 4.90 Å². The van der Waals surface area contributed by atoms with Gasteiger partial charge in [0.15, 0.2) is 0 Å². The van der Waals surface area contributed by atoms with Crippen LogP contribution in [0, 0.1) is 5.82 Å². The molecule has 0 radical (unpaired) electrons. The molecule has 0 bridgehead atoms. The lowest BCUT2D eigenvalue weighted by Gasteiger charge is -2.13. The number of nitrogens with one attached hydrogen (secondary N) is 2. The summed E-state index contributed by atoms with van der Waals surface area (Å²) in [7, 11) is -2.58. The molecule has 3 aromatic carbocycles. The van der Waals surface area contributed by atoms with E-state index < -0.39 is 21.7 Å². The number of anilines is 2. The molecule has 0 spiro atoms. The predicted molar refractivity (Wildman–Crippen MR) is 110 cm³/mol. The Morgan fingerprint density at radius 2 is 1.76 bits per heavy atom. The Hall–Kier alpha value is -3.10. The van der Waals surface area contributed by atoms with Crippen molar-refractivity contribution >= 4 is 38.9 Å². The van der Waals surface area contributed by atoms with Crippen LogP contribution in [0.2, 0.25) is 5.02 Å². The fourth-order valence-corrected chi connectivity index (χ4v) is 3.78. The summed E-state index contributed by atoms with van der Waals surface area (Å²) in [5, 5.41) is 3.02. The Kier molecular flexibility index (Phi) is 6.05. The van der Waals surface area contributed by atoms with Crippen LogP contribution >= 0.6 is 11.6 Å². The van der Waals surface area contributed by atoms with E-state index in [0.717, 1.165) is 12.1 Å². The summed E-state index contributed by atoms with van der Waals surface area (Å²) in [4.78, 5) is 12.4. The molecule has 0 unspecified atom stereocenters. The number of methoxy groups -OCH3 is 1. The van der Waals surface area contributed by atoms with E-state index in [2.05, 4.69) is 10.0 Å². The zero-order valence-electron chi connectivity index (χ0n) is 15.1. The number of benzene rings is 3. The summed E-state index contributed by atoms with van der Waals surface area (Å²) < 4.78 is 45.9. The van der Waals surface area contributed by atoms with E-state index >= 15 is 0 Å². The van der Waals surface area contributed by atoms with E-state index in [9.17, 15) is 17.6 Å². The first-order chi connectivity index (χ1) is 13.8. The number of sulfonamides is 1. The van der Waals surface area contributed by atoms with Gasteiger partial charge in [-0.3, -0.25) is 9.52 Å². The highest BCUT2D eigenvalue weighted by Crippen LogP contribution is 2.29. The molecule has 0 saturated carbocycles. The summed E-state index contributed by atoms with van der Waals surface area (Å²) in [6.07, 6.45) is 0. The minimum atomic E-state index is -3.98. The van der Waals surface area contributed by atoms with E-state index in [1.54, 1.807) is 18.2 Å². The van der Waals surface area contributed by atoms with Crippen LogP contribution in [0.4, 0.5) is 15.8 Å². The standard InChI is InChI=1S/C20H16ClFN2O4S/c1-28-19-10-9-17(29(26,27)24-16-7-5-15(22)6-8-16)12-18(19)23-20(25)13-3-2-4-14(21)11-13/h2-12,24H,1H3,(H,23,25). The first-order valence-corrected chi connectivity index (χ1v) is 10.2. The van der Waals surface area contributed by atoms with E-state index in [-0.39, 0.29) is 22.0 Å². The van der Waals surface area contributed by atoms with Crippen LogP contribution in [0.1, 0.15) is 10.4 Å². The van der Waals surface area contributed by atoms with Crippen molar-refractivity contribution < 1.29 is 22.3 Å². The molecule has 0 aromatic heterocycles. The summed E-state index contributed by atoms with van der Waals surface area (Å²) in [5.74, 6) is -0.684. The lowest BCUT2D eigenvalue weighted by molar-refractivity contribution is 0.102. The normalized spacial score (nSPS) is 11.0. The molecule has 0 fully saturated rings. The first-order valence-electron chi connectivity index (χ1n) is 8.32. The van der Waals surface area contributed by atoms with Crippen molar-refractivity contribution in [2.75, 3.05) is 17.1 Å². The largest absolute Gasteiger partial charge is 0.495 e. The molecule has 29 heavy (non-hydrogen) atoms. The Bertz CT molecular complexity index is 1150. The van der Waals surface area contributed by atoms with Gasteiger partial charge in [0, 0.05) is 16.3 Å². The molecule has 2 N–H and O–H groups in total. The highest BCUT2D eigenvalue weighted by Gasteiger charge is 2.18. The third kappa shape index (κ3) is 5.04. The summed E-state index contributed by atoms with van der Waals surface area (Å²) in [6.45, 7) is 0. The fourth-order valence-electron chi connectivity index (χ4n) is 2.51. The molecule has 3 rings (SSSR count). The van der Waals surface area contributed by atoms with Crippen molar-refractivity contribution in [2.24, 2.45) is 0 Å². The van der Waals surface area contributed by atoms with Crippen molar-refractivity contribution in [1.29, 1.82) is 0 Å². The van der Waals surface area contributed by atoms with Crippen molar-refractivity contribution in [3.05, 3.63) is 83.1 Å². The van der Waals surface area contributed by atoms with Crippen LogP contribution in [0.3, 0.4) is 0 Å². The quantitative estimate of drug-likeness (QED) is 0.596. The van der Waals surface area contributed by atoms with Gasteiger partial charge in [-0.15, -0.1) is 0 Å². The van der Waals surface area contributed by atoms with E-state index in [4.69, 9.17) is 16.3 Å². The van der Waals surface area contributed by atoms with Gasteiger partial charge in [0.05, 0.1) is 17.7 Å². The maximum atomic E-state index is 13.0. The second-order valence-electron chi connectivity index (χ2n) is 5.94. The van der Waals surface area contributed by atoms with Crippen LogP contribution in [0.15, 0.2) is 71.6 Å². The van der Waals surface area contributed by atoms with Crippen LogP contribution in [-0.4, -0.2) is 21.4 Å². The van der Waals surface area contributed by atoms with Gasteiger partial charge in [0.25, 0.3) is 15.9 Å². The lowest BCUT2D eigenvalue weighted by Crippen LogP contribution is -2.15. The van der Waals surface area contributed by atoms with Crippen LogP contribution in [0.5, 0.6) is 5.75 Å². The number of rotatable bonds is 6. The summed E-state index contributed by atoms with van der Waals surface area (Å²) >= 11 is 5.91. The van der Waals surface area contributed by atoms with Crippen LogP contribution in [-0.2, 0) is 10.0 Å². The van der Waals surface area contributed by atoms with Crippen molar-refractivity contribution in [1.82, 2.24) is 0 Å². The molecular formula is C20H16ClFN2O4S. The zero-order valence-corrected chi connectivity index (χ0v) is 16.7. The topological polar surface area (TPSA) is 84.5 Å². The fraction of sp³-hybridized carbons (Fsp3) is 0.0500. The van der Waals surface area contributed by atoms with Crippen LogP contribution in [0.25, 0.3) is 0 Å². The van der Waals surface area contributed by atoms with Crippen molar-refractivity contribution in [3.63, 3.8) is 0 Å². The molecule has 3 aromatic rings. The summed E-state index contributed by atoms with van der Waals surface area (Å²) in [6, 6.07) is 15.2. The van der Waals surface area contributed by atoms with Gasteiger partial charge in [-0.2, -0.15) is 0 Å². The molecule has 0 atom stereocenters. The van der Waals surface area contributed by atoms with Gasteiger partial charge in [-0.1, -0.05) is 17.7 Å². The minimum Gasteiger partial charge on any atom is -0.495 e. The molecular weight excluding hydrogens is 419 g/mol. The van der Waals surface area contributed by atoms with E-state index in [1.807, 2.05) is 0 Å². The molecule has 9 heteroatoms. The third-order valence-electron chi connectivity index (χ3n) is 3.91. The molecule has 0 aliphatic heterocycles. The number of carbonyl (C=O) groups is 1. The van der Waals surface area contributed by atoms with Gasteiger partial charge in [-0.25, -0.2) is 12.8 Å². The Morgan fingerprint density at radius 1 is 1.03 bits per heavy atom. The number of carbonyl (C=O) groups excluding carboxylic acids is 1. The predicted octanol–water partition coefficient (Wildman–Crippen LogP) is 4.54.